The molecule has 4 rings (SSSR count). The molecule has 0 saturated heterocycles. The summed E-state index contributed by atoms with van der Waals surface area (Å²) in [5.74, 6) is 0.722. The van der Waals surface area contributed by atoms with Crippen molar-refractivity contribution in [3.63, 3.8) is 0 Å². The van der Waals surface area contributed by atoms with Crippen molar-refractivity contribution in [1.82, 2.24) is 34.2 Å². The third-order valence-electron chi connectivity index (χ3n) is 4.84. The van der Waals surface area contributed by atoms with Crippen LogP contribution < -0.4 is 11.1 Å². The number of hydrogen-bond acceptors (Lipinski definition) is 7. The van der Waals surface area contributed by atoms with Crippen molar-refractivity contribution in [3.05, 3.63) is 57.1 Å². The van der Waals surface area contributed by atoms with Crippen LogP contribution in [-0.2, 0) is 17.9 Å². The number of aromatic nitrogens is 6. The second-order valence-electron chi connectivity index (χ2n) is 7.33. The maximum Gasteiger partial charge on any atom is 0.267 e. The van der Waals surface area contributed by atoms with Crippen LogP contribution in [0.25, 0.3) is 27.8 Å². The van der Waals surface area contributed by atoms with Gasteiger partial charge in [0, 0.05) is 26.0 Å². The van der Waals surface area contributed by atoms with E-state index < -0.39 is 0 Å². The molecule has 30 heavy (non-hydrogen) atoms. The number of methoxy groups -OCH3 is 1. The Morgan fingerprint density at radius 2 is 1.80 bits per heavy atom. The van der Waals surface area contributed by atoms with Crippen LogP contribution in [0.1, 0.15) is 12.2 Å². The highest BCUT2D eigenvalue weighted by molar-refractivity contribution is 5.91. The van der Waals surface area contributed by atoms with Crippen molar-refractivity contribution in [1.29, 1.82) is 0 Å². The molecule has 4 aromatic heterocycles. The van der Waals surface area contributed by atoms with Gasteiger partial charge < -0.3 is 14.2 Å². The quantitative estimate of drug-likeness (QED) is 0.452. The van der Waals surface area contributed by atoms with Crippen LogP contribution in [0.2, 0.25) is 0 Å². The standard InChI is InChI=1S/C20H23N7O3/c1-25(2)7-4-8-26-9-5-15-13(18(26)28)11-14-16(21-15)6-10-27(19(14)29)20-22-17(12-30-3)23-24-20/h5-6,9-11H,4,7-8,12H2,1-3H3,(H,22,23,24). The van der Waals surface area contributed by atoms with Crippen LogP contribution >= 0.6 is 0 Å². The average Bonchev–Trinajstić information content (AvgIpc) is 3.18. The molecule has 4 aromatic rings. The third kappa shape index (κ3) is 3.74. The first-order chi connectivity index (χ1) is 14.5. The van der Waals surface area contributed by atoms with Crippen LogP contribution in [0, 0.1) is 0 Å². The van der Waals surface area contributed by atoms with Crippen LogP contribution in [0.15, 0.2) is 40.2 Å². The summed E-state index contributed by atoms with van der Waals surface area (Å²) in [5, 5.41) is 7.56. The largest absolute Gasteiger partial charge is 0.377 e. The van der Waals surface area contributed by atoms with Gasteiger partial charge in [0.05, 0.1) is 21.8 Å². The number of rotatable bonds is 7. The summed E-state index contributed by atoms with van der Waals surface area (Å²) in [6.07, 6.45) is 4.18. The zero-order chi connectivity index (χ0) is 21.3. The van der Waals surface area contributed by atoms with Crippen molar-refractivity contribution in [2.45, 2.75) is 19.6 Å². The van der Waals surface area contributed by atoms with Gasteiger partial charge in [-0.15, -0.1) is 5.10 Å². The van der Waals surface area contributed by atoms with Gasteiger partial charge in [-0.3, -0.25) is 14.7 Å². The van der Waals surface area contributed by atoms with Gasteiger partial charge in [-0.2, -0.15) is 4.98 Å². The van der Waals surface area contributed by atoms with E-state index in [1.165, 1.54) is 4.57 Å². The van der Waals surface area contributed by atoms with E-state index in [1.807, 2.05) is 20.2 Å². The molecule has 10 nitrogen and oxygen atoms in total. The van der Waals surface area contributed by atoms with E-state index in [0.717, 1.165) is 13.0 Å². The molecule has 0 aliphatic heterocycles. The summed E-state index contributed by atoms with van der Waals surface area (Å²) in [5.41, 5.74) is 0.581. The lowest BCUT2D eigenvalue weighted by Gasteiger charge is -2.11. The fourth-order valence-electron chi connectivity index (χ4n) is 3.35. The summed E-state index contributed by atoms with van der Waals surface area (Å²) < 4.78 is 8.00. The molecular weight excluding hydrogens is 386 g/mol. The first-order valence-electron chi connectivity index (χ1n) is 9.59. The SMILES string of the molecule is COCc1nc(-n2ccc3nc4ccn(CCCN(C)C)c(=O)c4cc3c2=O)n[nH]1. The van der Waals surface area contributed by atoms with E-state index in [2.05, 4.69) is 25.1 Å². The molecule has 0 atom stereocenters. The van der Waals surface area contributed by atoms with Crippen molar-refractivity contribution in [2.24, 2.45) is 0 Å². The second kappa shape index (κ2) is 8.17. The maximum absolute atomic E-state index is 13.1. The highest BCUT2D eigenvalue weighted by atomic mass is 16.5. The van der Waals surface area contributed by atoms with E-state index in [9.17, 15) is 9.59 Å². The Hall–Kier alpha value is -3.37. The van der Waals surface area contributed by atoms with Crippen LogP contribution in [0.3, 0.4) is 0 Å². The number of pyridine rings is 3. The van der Waals surface area contributed by atoms with E-state index in [-0.39, 0.29) is 23.7 Å². The number of aromatic amines is 1. The summed E-state index contributed by atoms with van der Waals surface area (Å²) in [7, 11) is 5.54. The molecule has 0 fully saturated rings. The molecule has 0 saturated carbocycles. The van der Waals surface area contributed by atoms with Crippen LogP contribution in [0.5, 0.6) is 0 Å². The lowest BCUT2D eigenvalue weighted by molar-refractivity contribution is 0.178. The molecule has 4 heterocycles. The van der Waals surface area contributed by atoms with Gasteiger partial charge in [-0.05, 0) is 45.3 Å². The van der Waals surface area contributed by atoms with Crippen molar-refractivity contribution in [2.75, 3.05) is 27.7 Å². The predicted octanol–water partition coefficient (Wildman–Crippen LogP) is 0.917. The summed E-state index contributed by atoms with van der Waals surface area (Å²) >= 11 is 0. The third-order valence-corrected chi connectivity index (χ3v) is 4.84. The minimum absolute atomic E-state index is 0.157. The Bertz CT molecular complexity index is 1320. The average molecular weight is 409 g/mol. The van der Waals surface area contributed by atoms with Gasteiger partial charge in [0.15, 0.2) is 5.82 Å². The Morgan fingerprint density at radius 1 is 1.07 bits per heavy atom. The van der Waals surface area contributed by atoms with Gasteiger partial charge in [0.2, 0.25) is 0 Å². The van der Waals surface area contributed by atoms with Crippen LogP contribution in [0.4, 0.5) is 0 Å². The van der Waals surface area contributed by atoms with Gasteiger partial charge in [0.25, 0.3) is 17.1 Å². The molecule has 0 aliphatic rings. The molecule has 0 unspecified atom stereocenters. The Labute approximate surface area is 171 Å². The first-order valence-corrected chi connectivity index (χ1v) is 9.59. The number of H-pyrrole nitrogens is 1. The summed E-state index contributed by atoms with van der Waals surface area (Å²) in [6, 6.07) is 5.14. The molecule has 156 valence electrons. The minimum atomic E-state index is -0.340. The molecule has 0 aliphatic carbocycles. The normalized spacial score (nSPS) is 11.7. The number of fused-ring (bicyclic) bond motifs is 2. The zero-order valence-corrected chi connectivity index (χ0v) is 17.1. The number of nitrogens with one attached hydrogen (secondary N) is 1. The van der Waals surface area contributed by atoms with Crippen molar-refractivity contribution < 1.29 is 4.74 Å². The van der Waals surface area contributed by atoms with Gasteiger partial charge in [0.1, 0.15) is 6.61 Å². The first kappa shape index (κ1) is 19.9. The Morgan fingerprint density at radius 3 is 2.53 bits per heavy atom. The summed E-state index contributed by atoms with van der Waals surface area (Å²) in [4.78, 5) is 36.9. The zero-order valence-electron chi connectivity index (χ0n) is 17.1. The smallest absolute Gasteiger partial charge is 0.267 e. The highest BCUT2D eigenvalue weighted by Gasteiger charge is 2.13. The fraction of sp³-hybridized carbons (Fsp3) is 0.350. The molecule has 0 aromatic carbocycles. The highest BCUT2D eigenvalue weighted by Crippen LogP contribution is 2.15. The van der Waals surface area contributed by atoms with Crippen molar-refractivity contribution in [3.8, 4) is 5.95 Å². The van der Waals surface area contributed by atoms with E-state index >= 15 is 0 Å². The monoisotopic (exact) mass is 409 g/mol. The molecule has 0 radical (unpaired) electrons. The molecular formula is C20H23N7O3. The lowest BCUT2D eigenvalue weighted by Crippen LogP contribution is -2.23. The molecule has 0 bridgehead atoms. The van der Waals surface area contributed by atoms with E-state index in [1.54, 1.807) is 36.2 Å². The Balaban J connectivity index is 1.79. The second-order valence-corrected chi connectivity index (χ2v) is 7.33. The van der Waals surface area contributed by atoms with Crippen LogP contribution in [-0.4, -0.2) is 61.9 Å². The predicted molar refractivity (Wildman–Crippen MR) is 113 cm³/mol. The molecule has 0 spiro atoms. The maximum atomic E-state index is 13.1. The lowest BCUT2D eigenvalue weighted by atomic mass is 10.2. The van der Waals surface area contributed by atoms with Crippen molar-refractivity contribution >= 4 is 21.8 Å². The summed E-state index contributed by atoms with van der Waals surface area (Å²) in [6.45, 7) is 1.74. The number of hydrogen-bond donors (Lipinski definition) is 1. The number of ether oxygens (including phenoxy) is 1. The van der Waals surface area contributed by atoms with Gasteiger partial charge in [-0.1, -0.05) is 0 Å². The van der Waals surface area contributed by atoms with E-state index in [4.69, 9.17) is 4.74 Å². The fourth-order valence-corrected chi connectivity index (χ4v) is 3.35. The molecule has 0 amide bonds. The van der Waals surface area contributed by atoms with Gasteiger partial charge >= 0.3 is 0 Å². The molecule has 1 N–H and O–H groups in total. The Kier molecular flexibility index (Phi) is 5.42. The van der Waals surface area contributed by atoms with E-state index in [0.29, 0.717) is 34.2 Å². The number of nitrogens with zero attached hydrogens (tertiary/aromatic N) is 6. The minimum Gasteiger partial charge on any atom is -0.377 e. The molecule has 10 heteroatoms. The number of aryl methyl sites for hydroxylation is 1. The van der Waals surface area contributed by atoms with Gasteiger partial charge in [-0.25, -0.2) is 9.55 Å². The topological polar surface area (TPSA) is 111 Å².